The van der Waals surface area contributed by atoms with Crippen molar-refractivity contribution in [1.82, 2.24) is 14.8 Å². The molecule has 1 N–H and O–H groups in total. The standard InChI is InChI=1S/C19H20N4O2S/c1-13(18(24)20-15-7-5-4-6-8-15)26-19-22-21-17(23(19)2)14-9-11-16(25-3)12-10-14/h4-13H,1-3H3,(H,20,24)/t13-/m0/s1. The zero-order chi connectivity index (χ0) is 18.5. The van der Waals surface area contributed by atoms with Crippen LogP contribution >= 0.6 is 11.8 Å². The highest BCUT2D eigenvalue weighted by atomic mass is 32.2. The number of benzene rings is 2. The Morgan fingerprint density at radius 2 is 1.81 bits per heavy atom. The summed E-state index contributed by atoms with van der Waals surface area (Å²) in [6.07, 6.45) is 0. The van der Waals surface area contributed by atoms with Crippen molar-refractivity contribution in [3.63, 3.8) is 0 Å². The number of rotatable bonds is 6. The lowest BCUT2D eigenvalue weighted by molar-refractivity contribution is -0.115. The van der Waals surface area contributed by atoms with Gasteiger partial charge in [-0.15, -0.1) is 10.2 Å². The number of thioether (sulfide) groups is 1. The van der Waals surface area contributed by atoms with Gasteiger partial charge in [0.15, 0.2) is 11.0 Å². The molecule has 1 heterocycles. The lowest BCUT2D eigenvalue weighted by atomic mass is 10.2. The monoisotopic (exact) mass is 368 g/mol. The minimum Gasteiger partial charge on any atom is -0.497 e. The van der Waals surface area contributed by atoms with Crippen molar-refractivity contribution in [3.8, 4) is 17.1 Å². The highest BCUT2D eigenvalue weighted by molar-refractivity contribution is 8.00. The molecule has 0 aliphatic rings. The Hall–Kier alpha value is -2.80. The molecule has 6 nitrogen and oxygen atoms in total. The van der Waals surface area contributed by atoms with Crippen molar-refractivity contribution in [2.45, 2.75) is 17.3 Å². The Balaban J connectivity index is 1.70. The van der Waals surface area contributed by atoms with Gasteiger partial charge < -0.3 is 14.6 Å². The Bertz CT molecular complexity index is 878. The summed E-state index contributed by atoms with van der Waals surface area (Å²) in [5, 5.41) is 11.8. The molecule has 3 rings (SSSR count). The minimum absolute atomic E-state index is 0.0739. The number of hydrogen-bond acceptors (Lipinski definition) is 5. The van der Waals surface area contributed by atoms with Crippen LogP contribution in [0.3, 0.4) is 0 Å². The number of carbonyl (C=O) groups is 1. The maximum Gasteiger partial charge on any atom is 0.237 e. The molecule has 0 spiro atoms. The number of methoxy groups -OCH3 is 1. The molecule has 7 heteroatoms. The summed E-state index contributed by atoms with van der Waals surface area (Å²) in [4.78, 5) is 12.4. The van der Waals surface area contributed by atoms with Crippen LogP contribution in [-0.4, -0.2) is 33.0 Å². The van der Waals surface area contributed by atoms with Gasteiger partial charge in [0.25, 0.3) is 0 Å². The Kier molecular flexibility index (Phi) is 5.58. The quantitative estimate of drug-likeness (QED) is 0.673. The van der Waals surface area contributed by atoms with Crippen LogP contribution < -0.4 is 10.1 Å². The van der Waals surface area contributed by atoms with E-state index in [0.29, 0.717) is 5.16 Å². The molecule has 0 saturated carbocycles. The largest absolute Gasteiger partial charge is 0.497 e. The first-order valence-electron chi connectivity index (χ1n) is 8.15. The van der Waals surface area contributed by atoms with Crippen molar-refractivity contribution < 1.29 is 9.53 Å². The zero-order valence-electron chi connectivity index (χ0n) is 14.8. The topological polar surface area (TPSA) is 69.0 Å². The van der Waals surface area contributed by atoms with E-state index in [1.54, 1.807) is 7.11 Å². The average molecular weight is 368 g/mol. The van der Waals surface area contributed by atoms with Gasteiger partial charge in [0, 0.05) is 18.3 Å². The third-order valence-electron chi connectivity index (χ3n) is 3.88. The molecule has 134 valence electrons. The van der Waals surface area contributed by atoms with Gasteiger partial charge in [-0.05, 0) is 43.3 Å². The molecule has 1 atom stereocenters. The molecule has 0 unspecified atom stereocenters. The summed E-state index contributed by atoms with van der Waals surface area (Å²) in [5.41, 5.74) is 1.72. The fraction of sp³-hybridized carbons (Fsp3) is 0.211. The van der Waals surface area contributed by atoms with Gasteiger partial charge in [0.2, 0.25) is 5.91 Å². The van der Waals surface area contributed by atoms with Gasteiger partial charge in [0.05, 0.1) is 12.4 Å². The molecule has 0 fully saturated rings. The Morgan fingerprint density at radius 1 is 1.12 bits per heavy atom. The van der Waals surface area contributed by atoms with Crippen LogP contribution in [0.15, 0.2) is 59.8 Å². The van der Waals surface area contributed by atoms with Crippen LogP contribution in [-0.2, 0) is 11.8 Å². The van der Waals surface area contributed by atoms with Gasteiger partial charge in [-0.25, -0.2) is 0 Å². The second-order valence-corrected chi connectivity index (χ2v) is 7.02. The van der Waals surface area contributed by atoms with Gasteiger partial charge in [-0.2, -0.15) is 0 Å². The van der Waals surface area contributed by atoms with Crippen molar-refractivity contribution in [1.29, 1.82) is 0 Å². The number of hydrogen-bond donors (Lipinski definition) is 1. The third kappa shape index (κ3) is 4.05. The van der Waals surface area contributed by atoms with E-state index < -0.39 is 0 Å². The molecular formula is C19H20N4O2S. The fourth-order valence-corrected chi connectivity index (χ4v) is 3.20. The van der Waals surface area contributed by atoms with Crippen molar-refractivity contribution in [3.05, 3.63) is 54.6 Å². The molecule has 1 amide bonds. The summed E-state index contributed by atoms with van der Waals surface area (Å²) < 4.78 is 7.06. The van der Waals surface area contributed by atoms with Crippen LogP contribution in [0.1, 0.15) is 6.92 Å². The van der Waals surface area contributed by atoms with Crippen LogP contribution in [0.2, 0.25) is 0 Å². The third-order valence-corrected chi connectivity index (χ3v) is 5.01. The number of amides is 1. The molecule has 0 aliphatic heterocycles. The summed E-state index contributed by atoms with van der Waals surface area (Å²) in [6, 6.07) is 17.0. The first-order chi connectivity index (χ1) is 12.6. The van der Waals surface area contributed by atoms with Gasteiger partial charge in [0.1, 0.15) is 5.75 Å². The Morgan fingerprint density at radius 3 is 2.46 bits per heavy atom. The molecule has 3 aromatic rings. The molecule has 2 aromatic carbocycles. The van der Waals surface area contributed by atoms with Crippen molar-refractivity contribution >= 4 is 23.4 Å². The summed E-state index contributed by atoms with van der Waals surface area (Å²) in [6.45, 7) is 1.85. The van der Waals surface area contributed by atoms with Gasteiger partial charge >= 0.3 is 0 Å². The number of carbonyl (C=O) groups excluding carboxylic acids is 1. The molecule has 0 aliphatic carbocycles. The van der Waals surface area contributed by atoms with Crippen LogP contribution in [0.25, 0.3) is 11.4 Å². The normalized spacial score (nSPS) is 11.8. The van der Waals surface area contributed by atoms with Crippen LogP contribution in [0, 0.1) is 0 Å². The zero-order valence-corrected chi connectivity index (χ0v) is 15.7. The van der Waals surface area contributed by atoms with Gasteiger partial charge in [-0.3, -0.25) is 4.79 Å². The fourth-order valence-electron chi connectivity index (χ4n) is 2.39. The lowest BCUT2D eigenvalue weighted by Crippen LogP contribution is -2.22. The average Bonchev–Trinajstić information content (AvgIpc) is 3.03. The van der Waals surface area contributed by atoms with E-state index >= 15 is 0 Å². The number of nitrogens with zero attached hydrogens (tertiary/aromatic N) is 3. The smallest absolute Gasteiger partial charge is 0.237 e. The van der Waals surface area contributed by atoms with E-state index in [1.165, 1.54) is 11.8 Å². The lowest BCUT2D eigenvalue weighted by Gasteiger charge is -2.11. The number of nitrogens with one attached hydrogen (secondary N) is 1. The predicted octanol–water partition coefficient (Wildman–Crippen LogP) is 3.61. The molecule has 26 heavy (non-hydrogen) atoms. The van der Waals surface area contributed by atoms with Crippen molar-refractivity contribution in [2.24, 2.45) is 7.05 Å². The maximum absolute atomic E-state index is 12.4. The maximum atomic E-state index is 12.4. The van der Waals surface area contributed by atoms with E-state index in [4.69, 9.17) is 4.74 Å². The molecular weight excluding hydrogens is 348 g/mol. The van der Waals surface area contributed by atoms with Crippen LogP contribution in [0.5, 0.6) is 5.75 Å². The van der Waals surface area contributed by atoms with E-state index in [-0.39, 0.29) is 11.2 Å². The predicted molar refractivity (Wildman–Crippen MR) is 103 cm³/mol. The first-order valence-corrected chi connectivity index (χ1v) is 9.03. The van der Waals surface area contributed by atoms with E-state index in [1.807, 2.05) is 73.1 Å². The summed E-state index contributed by atoms with van der Waals surface area (Å²) in [5.74, 6) is 1.46. The highest BCUT2D eigenvalue weighted by Crippen LogP contribution is 2.27. The molecule has 1 aromatic heterocycles. The summed E-state index contributed by atoms with van der Waals surface area (Å²) in [7, 11) is 3.53. The van der Waals surface area contributed by atoms with E-state index in [9.17, 15) is 4.79 Å². The van der Waals surface area contributed by atoms with E-state index in [2.05, 4.69) is 15.5 Å². The van der Waals surface area contributed by atoms with Crippen LogP contribution in [0.4, 0.5) is 5.69 Å². The van der Waals surface area contributed by atoms with Gasteiger partial charge in [-0.1, -0.05) is 30.0 Å². The number of para-hydroxylation sites is 1. The number of ether oxygens (including phenoxy) is 1. The first kappa shape index (κ1) is 18.0. The second kappa shape index (κ2) is 8.05. The SMILES string of the molecule is COc1ccc(-c2nnc(S[C@@H](C)C(=O)Nc3ccccc3)n2C)cc1. The molecule has 0 radical (unpaired) electrons. The van der Waals surface area contributed by atoms with E-state index in [0.717, 1.165) is 22.8 Å². The minimum atomic E-state index is -0.304. The number of aromatic nitrogens is 3. The second-order valence-electron chi connectivity index (χ2n) is 5.71. The summed E-state index contributed by atoms with van der Waals surface area (Å²) >= 11 is 1.37. The van der Waals surface area contributed by atoms with Crippen molar-refractivity contribution in [2.75, 3.05) is 12.4 Å². The molecule has 0 saturated heterocycles. The Labute approximate surface area is 156 Å². The highest BCUT2D eigenvalue weighted by Gasteiger charge is 2.19. The molecule has 0 bridgehead atoms. The number of anilines is 1.